The van der Waals surface area contributed by atoms with Crippen LogP contribution in [0.3, 0.4) is 0 Å². The van der Waals surface area contributed by atoms with Crippen molar-refractivity contribution in [3.8, 4) is 0 Å². The molecule has 2 heterocycles. The van der Waals surface area contributed by atoms with Crippen molar-refractivity contribution in [1.29, 1.82) is 0 Å². The van der Waals surface area contributed by atoms with Crippen LogP contribution in [-0.2, 0) is 31.2 Å². The normalized spacial score (nSPS) is 12.6. The SMILES string of the molecule is CCc1cc(Cn2cc(CC(N)C(=O)O)nn2)n(C)n1. The van der Waals surface area contributed by atoms with E-state index in [9.17, 15) is 4.79 Å². The summed E-state index contributed by atoms with van der Waals surface area (Å²) in [5.74, 6) is -1.04. The Balaban J connectivity index is 2.05. The van der Waals surface area contributed by atoms with E-state index < -0.39 is 12.0 Å². The number of rotatable bonds is 6. The zero-order valence-corrected chi connectivity index (χ0v) is 11.5. The van der Waals surface area contributed by atoms with Crippen LogP contribution < -0.4 is 5.73 Å². The molecule has 8 nitrogen and oxygen atoms in total. The number of hydrogen-bond donors (Lipinski definition) is 2. The minimum atomic E-state index is -1.04. The lowest BCUT2D eigenvalue weighted by molar-refractivity contribution is -0.138. The summed E-state index contributed by atoms with van der Waals surface area (Å²) in [4.78, 5) is 10.7. The van der Waals surface area contributed by atoms with Gasteiger partial charge < -0.3 is 10.8 Å². The number of nitrogens with zero attached hydrogens (tertiary/aromatic N) is 5. The van der Waals surface area contributed by atoms with E-state index in [1.165, 1.54) is 0 Å². The predicted octanol–water partition coefficient (Wildman–Crippen LogP) is -0.423. The summed E-state index contributed by atoms with van der Waals surface area (Å²) >= 11 is 0. The van der Waals surface area contributed by atoms with Crippen LogP contribution in [0.4, 0.5) is 0 Å². The lowest BCUT2D eigenvalue weighted by Crippen LogP contribution is -2.32. The van der Waals surface area contributed by atoms with Gasteiger partial charge in [-0.15, -0.1) is 5.10 Å². The van der Waals surface area contributed by atoms with Crippen LogP contribution in [0, 0.1) is 0 Å². The highest BCUT2D eigenvalue weighted by molar-refractivity contribution is 5.73. The van der Waals surface area contributed by atoms with Gasteiger partial charge in [0.25, 0.3) is 0 Å². The zero-order valence-electron chi connectivity index (χ0n) is 11.5. The molecule has 0 aliphatic rings. The molecule has 0 amide bonds. The average molecular weight is 278 g/mol. The van der Waals surface area contributed by atoms with Gasteiger partial charge in [-0.05, 0) is 12.5 Å². The lowest BCUT2D eigenvalue weighted by Gasteiger charge is -2.02. The number of nitrogens with two attached hydrogens (primary N) is 1. The monoisotopic (exact) mass is 278 g/mol. The van der Waals surface area contributed by atoms with Gasteiger partial charge in [0.2, 0.25) is 0 Å². The zero-order chi connectivity index (χ0) is 14.7. The van der Waals surface area contributed by atoms with Gasteiger partial charge in [-0.2, -0.15) is 5.10 Å². The molecule has 2 aromatic rings. The van der Waals surface area contributed by atoms with Crippen LogP contribution in [-0.4, -0.2) is 41.9 Å². The van der Waals surface area contributed by atoms with Gasteiger partial charge in [-0.3, -0.25) is 9.48 Å². The Labute approximate surface area is 116 Å². The molecule has 2 aromatic heterocycles. The molecule has 1 atom stereocenters. The smallest absolute Gasteiger partial charge is 0.320 e. The maximum absolute atomic E-state index is 10.7. The third-order valence-corrected chi connectivity index (χ3v) is 3.05. The van der Waals surface area contributed by atoms with Crippen molar-refractivity contribution in [3.63, 3.8) is 0 Å². The fourth-order valence-electron chi connectivity index (χ4n) is 1.88. The first-order valence-corrected chi connectivity index (χ1v) is 6.38. The molecule has 0 aliphatic heterocycles. The van der Waals surface area contributed by atoms with E-state index in [1.807, 2.05) is 24.7 Å². The van der Waals surface area contributed by atoms with Crippen LogP contribution in [0.15, 0.2) is 12.3 Å². The maximum atomic E-state index is 10.7. The Morgan fingerprint density at radius 1 is 1.50 bits per heavy atom. The van der Waals surface area contributed by atoms with E-state index in [0.717, 1.165) is 17.8 Å². The Kier molecular flexibility index (Phi) is 4.14. The molecular weight excluding hydrogens is 260 g/mol. The summed E-state index contributed by atoms with van der Waals surface area (Å²) in [6.45, 7) is 2.59. The van der Waals surface area contributed by atoms with E-state index >= 15 is 0 Å². The molecule has 0 radical (unpaired) electrons. The van der Waals surface area contributed by atoms with E-state index in [4.69, 9.17) is 10.8 Å². The van der Waals surface area contributed by atoms with E-state index in [-0.39, 0.29) is 6.42 Å². The number of aliphatic carboxylic acids is 1. The fraction of sp³-hybridized carbons (Fsp3) is 0.500. The lowest BCUT2D eigenvalue weighted by atomic mass is 10.2. The molecule has 2 rings (SSSR count). The molecule has 0 fully saturated rings. The molecule has 0 spiro atoms. The second-order valence-corrected chi connectivity index (χ2v) is 4.66. The topological polar surface area (TPSA) is 112 Å². The van der Waals surface area contributed by atoms with E-state index in [1.54, 1.807) is 10.9 Å². The third-order valence-electron chi connectivity index (χ3n) is 3.05. The number of hydrogen-bond acceptors (Lipinski definition) is 5. The molecule has 0 bridgehead atoms. The van der Waals surface area contributed by atoms with Crippen LogP contribution in [0.1, 0.15) is 24.0 Å². The highest BCUT2D eigenvalue weighted by Crippen LogP contribution is 2.06. The number of aryl methyl sites for hydroxylation is 2. The molecule has 8 heteroatoms. The summed E-state index contributed by atoms with van der Waals surface area (Å²) in [6, 6.07) is 1.06. The highest BCUT2D eigenvalue weighted by Gasteiger charge is 2.14. The van der Waals surface area contributed by atoms with Crippen LogP contribution >= 0.6 is 0 Å². The highest BCUT2D eigenvalue weighted by atomic mass is 16.4. The van der Waals surface area contributed by atoms with E-state index in [2.05, 4.69) is 15.4 Å². The molecule has 1 unspecified atom stereocenters. The number of carbonyl (C=O) groups is 1. The first-order valence-electron chi connectivity index (χ1n) is 6.38. The summed E-state index contributed by atoms with van der Waals surface area (Å²) in [5.41, 5.74) is 8.07. The quantitative estimate of drug-likeness (QED) is 0.742. The molecule has 20 heavy (non-hydrogen) atoms. The van der Waals surface area contributed by atoms with Gasteiger partial charge in [0.15, 0.2) is 0 Å². The Hall–Kier alpha value is -2.22. The molecule has 108 valence electrons. The van der Waals surface area contributed by atoms with Crippen molar-refractivity contribution >= 4 is 5.97 Å². The van der Waals surface area contributed by atoms with Gasteiger partial charge >= 0.3 is 5.97 Å². The summed E-state index contributed by atoms with van der Waals surface area (Å²) in [5, 5.41) is 21.0. The largest absolute Gasteiger partial charge is 0.480 e. The van der Waals surface area contributed by atoms with Gasteiger partial charge in [-0.25, -0.2) is 4.68 Å². The fourth-order valence-corrected chi connectivity index (χ4v) is 1.88. The maximum Gasteiger partial charge on any atom is 0.320 e. The minimum Gasteiger partial charge on any atom is -0.480 e. The molecule has 3 N–H and O–H groups in total. The molecule has 0 aromatic carbocycles. The Morgan fingerprint density at radius 2 is 2.25 bits per heavy atom. The number of carboxylic acid groups (broad SMARTS) is 1. The second-order valence-electron chi connectivity index (χ2n) is 4.66. The summed E-state index contributed by atoms with van der Waals surface area (Å²) in [7, 11) is 1.88. The predicted molar refractivity (Wildman–Crippen MR) is 71.0 cm³/mol. The number of carboxylic acids is 1. The van der Waals surface area contributed by atoms with Crippen molar-refractivity contribution < 1.29 is 9.90 Å². The molecule has 0 saturated carbocycles. The first-order chi connectivity index (χ1) is 9.49. The van der Waals surface area contributed by atoms with Gasteiger partial charge in [-0.1, -0.05) is 12.1 Å². The third kappa shape index (κ3) is 3.21. The average Bonchev–Trinajstić information content (AvgIpc) is 2.97. The first kappa shape index (κ1) is 14.2. The Bertz CT molecular complexity index is 603. The van der Waals surface area contributed by atoms with Crippen LogP contribution in [0.2, 0.25) is 0 Å². The van der Waals surface area contributed by atoms with Crippen molar-refractivity contribution in [2.75, 3.05) is 0 Å². The molecule has 0 saturated heterocycles. The Morgan fingerprint density at radius 3 is 2.85 bits per heavy atom. The van der Waals surface area contributed by atoms with Crippen LogP contribution in [0.5, 0.6) is 0 Å². The standard InChI is InChI=1S/C12H18N6O2/c1-3-8-4-10(17(2)15-8)7-18-6-9(14-16-18)5-11(13)12(19)20/h4,6,11H,3,5,7,13H2,1-2H3,(H,19,20). The van der Waals surface area contributed by atoms with Crippen molar-refractivity contribution in [2.24, 2.45) is 12.8 Å². The van der Waals surface area contributed by atoms with E-state index in [0.29, 0.717) is 12.2 Å². The summed E-state index contributed by atoms with van der Waals surface area (Å²) in [6.07, 6.45) is 2.76. The molecule has 0 aliphatic carbocycles. The van der Waals surface area contributed by atoms with Crippen molar-refractivity contribution in [1.82, 2.24) is 24.8 Å². The van der Waals surface area contributed by atoms with Gasteiger partial charge in [0.05, 0.1) is 23.6 Å². The van der Waals surface area contributed by atoms with Crippen LogP contribution in [0.25, 0.3) is 0 Å². The van der Waals surface area contributed by atoms with Crippen molar-refractivity contribution in [3.05, 3.63) is 29.3 Å². The van der Waals surface area contributed by atoms with Crippen molar-refractivity contribution in [2.45, 2.75) is 32.4 Å². The molecular formula is C12H18N6O2. The number of aromatic nitrogens is 5. The minimum absolute atomic E-state index is 0.168. The second kappa shape index (κ2) is 5.83. The summed E-state index contributed by atoms with van der Waals surface area (Å²) < 4.78 is 3.46. The van der Waals surface area contributed by atoms with Gasteiger partial charge in [0, 0.05) is 19.7 Å². The van der Waals surface area contributed by atoms with Gasteiger partial charge in [0.1, 0.15) is 6.04 Å².